The zero-order chi connectivity index (χ0) is 18.5. The number of nitro groups is 1. The van der Waals surface area contributed by atoms with Crippen molar-refractivity contribution in [1.82, 2.24) is 9.88 Å². The van der Waals surface area contributed by atoms with E-state index in [2.05, 4.69) is 4.98 Å². The Bertz CT molecular complexity index is 813. The van der Waals surface area contributed by atoms with Gasteiger partial charge in [0.1, 0.15) is 12.8 Å². The Balaban J connectivity index is 1.54. The van der Waals surface area contributed by atoms with Gasteiger partial charge in [-0.2, -0.15) is 0 Å². The number of para-hydroxylation sites is 2. The minimum atomic E-state index is -0.659. The summed E-state index contributed by atoms with van der Waals surface area (Å²) in [5.41, 5.74) is 0. The molecule has 0 radical (unpaired) electrons. The van der Waals surface area contributed by atoms with Crippen LogP contribution in [0.4, 0.5) is 5.82 Å². The summed E-state index contributed by atoms with van der Waals surface area (Å²) < 4.78 is 16.7. The van der Waals surface area contributed by atoms with Gasteiger partial charge in [-0.1, -0.05) is 12.1 Å². The van der Waals surface area contributed by atoms with Crippen LogP contribution in [-0.2, 0) is 4.79 Å². The van der Waals surface area contributed by atoms with Crippen LogP contribution in [0, 0.1) is 10.1 Å². The normalized spacial score (nSPS) is 15.2. The van der Waals surface area contributed by atoms with Gasteiger partial charge in [0.05, 0.1) is 6.54 Å². The van der Waals surface area contributed by atoms with E-state index in [1.54, 1.807) is 13.1 Å². The standard InChI is InChI=1S/C17H17N3O6/c1-19(9-12-10-24-13-5-2-3-6-14(13)26-12)16(21)11-25-15-7-4-8-18-17(15)20(22)23/h2-8,12H,9-11H2,1H3/t12-/m0/s1. The van der Waals surface area contributed by atoms with E-state index < -0.39 is 10.7 Å². The molecule has 0 N–H and O–H groups in total. The van der Waals surface area contributed by atoms with Gasteiger partial charge in [0, 0.05) is 7.05 Å². The number of carbonyl (C=O) groups excluding carboxylic acids is 1. The molecule has 0 saturated heterocycles. The first kappa shape index (κ1) is 17.5. The number of ether oxygens (including phenoxy) is 3. The van der Waals surface area contributed by atoms with Gasteiger partial charge in [-0.15, -0.1) is 0 Å². The third-order valence-electron chi connectivity index (χ3n) is 3.75. The Hall–Kier alpha value is -3.36. The summed E-state index contributed by atoms with van der Waals surface area (Å²) in [7, 11) is 1.60. The van der Waals surface area contributed by atoms with E-state index in [1.165, 1.54) is 23.2 Å². The van der Waals surface area contributed by atoms with E-state index in [0.717, 1.165) is 0 Å². The second-order valence-corrected chi connectivity index (χ2v) is 5.64. The van der Waals surface area contributed by atoms with Crippen molar-refractivity contribution in [3.05, 3.63) is 52.7 Å². The van der Waals surface area contributed by atoms with Crippen molar-refractivity contribution >= 4 is 11.7 Å². The molecule has 1 aliphatic rings. The van der Waals surface area contributed by atoms with Gasteiger partial charge in [0.15, 0.2) is 24.2 Å². The zero-order valence-electron chi connectivity index (χ0n) is 14.0. The van der Waals surface area contributed by atoms with Crippen LogP contribution in [0.15, 0.2) is 42.6 Å². The fraction of sp³-hybridized carbons (Fsp3) is 0.294. The van der Waals surface area contributed by atoms with Crippen LogP contribution in [0.25, 0.3) is 0 Å². The van der Waals surface area contributed by atoms with Crippen LogP contribution >= 0.6 is 0 Å². The molecule has 2 heterocycles. The van der Waals surface area contributed by atoms with Gasteiger partial charge >= 0.3 is 5.82 Å². The molecule has 1 aliphatic heterocycles. The van der Waals surface area contributed by atoms with E-state index in [4.69, 9.17) is 14.2 Å². The van der Waals surface area contributed by atoms with Gasteiger partial charge in [0.2, 0.25) is 5.75 Å². The summed E-state index contributed by atoms with van der Waals surface area (Å²) >= 11 is 0. The van der Waals surface area contributed by atoms with Crippen molar-refractivity contribution in [2.24, 2.45) is 0 Å². The lowest BCUT2D eigenvalue weighted by Gasteiger charge is -2.29. The van der Waals surface area contributed by atoms with Crippen molar-refractivity contribution in [3.63, 3.8) is 0 Å². The number of benzene rings is 1. The van der Waals surface area contributed by atoms with Gasteiger partial charge in [0.25, 0.3) is 5.91 Å². The molecule has 0 spiro atoms. The molecular formula is C17H17N3O6. The molecule has 1 amide bonds. The molecule has 0 fully saturated rings. The third kappa shape index (κ3) is 4.00. The number of carbonyl (C=O) groups is 1. The van der Waals surface area contributed by atoms with Crippen molar-refractivity contribution < 1.29 is 23.9 Å². The van der Waals surface area contributed by atoms with Gasteiger partial charge < -0.3 is 29.2 Å². The predicted octanol–water partition coefficient (Wildman–Crippen LogP) is 1.67. The number of pyridine rings is 1. The molecule has 9 heteroatoms. The highest BCUT2D eigenvalue weighted by atomic mass is 16.6. The second kappa shape index (κ2) is 7.68. The summed E-state index contributed by atoms with van der Waals surface area (Å²) in [6.45, 7) is 0.280. The molecule has 1 atom stereocenters. The summed E-state index contributed by atoms with van der Waals surface area (Å²) in [6, 6.07) is 10.2. The average molecular weight is 359 g/mol. The highest BCUT2D eigenvalue weighted by Gasteiger charge is 2.24. The van der Waals surface area contributed by atoms with Crippen molar-refractivity contribution in [2.75, 3.05) is 26.8 Å². The number of aromatic nitrogens is 1. The Kier molecular flexibility index (Phi) is 5.16. The van der Waals surface area contributed by atoms with Crippen molar-refractivity contribution in [3.8, 4) is 17.2 Å². The molecule has 3 rings (SSSR count). The van der Waals surface area contributed by atoms with E-state index in [-0.39, 0.29) is 24.4 Å². The molecule has 1 aromatic heterocycles. The number of hydrogen-bond acceptors (Lipinski definition) is 7. The fourth-order valence-electron chi connectivity index (χ4n) is 2.44. The topological polar surface area (TPSA) is 104 Å². The van der Waals surface area contributed by atoms with E-state index in [9.17, 15) is 14.9 Å². The highest BCUT2D eigenvalue weighted by Crippen LogP contribution is 2.31. The average Bonchev–Trinajstić information content (AvgIpc) is 2.66. The number of fused-ring (bicyclic) bond motifs is 1. The first-order valence-corrected chi connectivity index (χ1v) is 7.89. The molecule has 1 aromatic carbocycles. The van der Waals surface area contributed by atoms with Gasteiger partial charge in [-0.05, 0) is 34.2 Å². The third-order valence-corrected chi connectivity index (χ3v) is 3.75. The molecule has 26 heavy (non-hydrogen) atoms. The maximum Gasteiger partial charge on any atom is 0.406 e. The van der Waals surface area contributed by atoms with Crippen LogP contribution < -0.4 is 14.2 Å². The number of hydrogen-bond donors (Lipinski definition) is 0. The summed E-state index contributed by atoms with van der Waals surface area (Å²) in [6.07, 6.45) is 0.976. The number of likely N-dealkylation sites (N-methyl/N-ethyl adjacent to an activating group) is 1. The quantitative estimate of drug-likeness (QED) is 0.571. The smallest absolute Gasteiger partial charge is 0.406 e. The predicted molar refractivity (Wildman–Crippen MR) is 90.4 cm³/mol. The minimum Gasteiger partial charge on any atom is -0.486 e. The number of rotatable bonds is 6. The van der Waals surface area contributed by atoms with Crippen LogP contribution in [0.2, 0.25) is 0 Å². The summed E-state index contributed by atoms with van der Waals surface area (Å²) in [5, 5.41) is 10.9. The Labute approximate surface area is 149 Å². The first-order valence-electron chi connectivity index (χ1n) is 7.89. The highest BCUT2D eigenvalue weighted by molar-refractivity contribution is 5.77. The number of amides is 1. The van der Waals surface area contributed by atoms with Crippen LogP contribution in [0.3, 0.4) is 0 Å². The van der Waals surface area contributed by atoms with Gasteiger partial charge in [-0.25, -0.2) is 0 Å². The largest absolute Gasteiger partial charge is 0.486 e. The molecule has 0 bridgehead atoms. The maximum atomic E-state index is 12.2. The summed E-state index contributed by atoms with van der Waals surface area (Å²) in [5.74, 6) is 0.483. The monoisotopic (exact) mass is 359 g/mol. The van der Waals surface area contributed by atoms with Crippen LogP contribution in [0.1, 0.15) is 0 Å². The first-order chi connectivity index (χ1) is 12.5. The molecule has 136 valence electrons. The molecule has 0 aliphatic carbocycles. The maximum absolute atomic E-state index is 12.2. The Morgan fingerprint density at radius 2 is 2.12 bits per heavy atom. The van der Waals surface area contributed by atoms with Crippen LogP contribution in [-0.4, -0.2) is 53.6 Å². The van der Waals surface area contributed by atoms with E-state index >= 15 is 0 Å². The molecule has 0 unspecified atom stereocenters. The van der Waals surface area contributed by atoms with Crippen LogP contribution in [0.5, 0.6) is 17.2 Å². The molecule has 2 aromatic rings. The van der Waals surface area contributed by atoms with E-state index in [1.807, 2.05) is 18.2 Å². The Morgan fingerprint density at radius 1 is 1.35 bits per heavy atom. The lowest BCUT2D eigenvalue weighted by molar-refractivity contribution is -0.390. The lowest BCUT2D eigenvalue weighted by Crippen LogP contribution is -2.43. The second-order valence-electron chi connectivity index (χ2n) is 5.64. The number of nitrogens with zero attached hydrogens (tertiary/aromatic N) is 3. The van der Waals surface area contributed by atoms with E-state index in [0.29, 0.717) is 24.7 Å². The summed E-state index contributed by atoms with van der Waals surface area (Å²) in [4.78, 5) is 27.5. The molecule has 0 saturated carbocycles. The SMILES string of the molecule is CN(C[C@H]1COc2ccccc2O1)C(=O)COc1cccnc1[N+](=O)[O-]. The molecule has 9 nitrogen and oxygen atoms in total. The van der Waals surface area contributed by atoms with Crippen molar-refractivity contribution in [2.45, 2.75) is 6.10 Å². The van der Waals surface area contributed by atoms with Gasteiger partial charge in [-0.3, -0.25) is 4.79 Å². The zero-order valence-corrected chi connectivity index (χ0v) is 14.0. The van der Waals surface area contributed by atoms with Crippen molar-refractivity contribution in [1.29, 1.82) is 0 Å². The molecular weight excluding hydrogens is 342 g/mol. The Morgan fingerprint density at radius 3 is 2.88 bits per heavy atom. The lowest BCUT2D eigenvalue weighted by atomic mass is 10.2. The fourth-order valence-corrected chi connectivity index (χ4v) is 2.44. The minimum absolute atomic E-state index is 0.0505.